The Morgan fingerprint density at radius 1 is 1.08 bits per heavy atom. The van der Waals surface area contributed by atoms with Crippen molar-refractivity contribution in [3.05, 3.63) is 59.5 Å². The van der Waals surface area contributed by atoms with Crippen LogP contribution in [0.2, 0.25) is 0 Å². The van der Waals surface area contributed by atoms with E-state index in [-0.39, 0.29) is 12.4 Å². The number of sulfonamides is 1. The molecule has 1 aliphatic heterocycles. The number of piperazine rings is 1. The van der Waals surface area contributed by atoms with E-state index in [1.54, 1.807) is 16.4 Å². The predicted molar refractivity (Wildman–Crippen MR) is 94.1 cm³/mol. The summed E-state index contributed by atoms with van der Waals surface area (Å²) in [4.78, 5) is 1.43. The molecule has 1 fully saturated rings. The highest BCUT2D eigenvalue weighted by atomic mass is 35.5. The summed E-state index contributed by atoms with van der Waals surface area (Å²) in [7, 11) is -3.29. The van der Waals surface area contributed by atoms with E-state index in [9.17, 15) is 8.42 Å². The van der Waals surface area contributed by atoms with Crippen LogP contribution >= 0.6 is 11.3 Å². The molecule has 4 nitrogen and oxygen atoms in total. The van der Waals surface area contributed by atoms with Gasteiger partial charge in [0, 0.05) is 0 Å². The lowest BCUT2D eigenvalue weighted by Gasteiger charge is -2.30. The molecule has 0 unspecified atom stereocenters. The number of nitrogens with one attached hydrogen (secondary N) is 1. The molecular formula is C17H21ClN2O2S2. The van der Waals surface area contributed by atoms with E-state index in [0.717, 1.165) is 19.6 Å². The summed E-state index contributed by atoms with van der Waals surface area (Å²) in [5, 5.41) is 1.81. The van der Waals surface area contributed by atoms with Gasteiger partial charge in [-0.3, -0.25) is 0 Å². The molecule has 2 aromatic rings. The van der Waals surface area contributed by atoms with Gasteiger partial charge in [0.2, 0.25) is 0 Å². The van der Waals surface area contributed by atoms with Crippen molar-refractivity contribution in [3.8, 4) is 0 Å². The Morgan fingerprint density at radius 2 is 1.79 bits per heavy atom. The van der Waals surface area contributed by atoms with Crippen LogP contribution in [0.25, 0.3) is 6.08 Å². The Hall–Kier alpha value is -1.18. The van der Waals surface area contributed by atoms with E-state index in [2.05, 4.69) is 24.3 Å². The zero-order valence-corrected chi connectivity index (χ0v) is 15.7. The first-order valence-corrected chi connectivity index (χ1v) is 10.1. The minimum atomic E-state index is -3.29. The second-order valence-electron chi connectivity index (χ2n) is 5.60. The number of halogens is 1. The van der Waals surface area contributed by atoms with Crippen LogP contribution < -0.4 is 17.3 Å². The van der Waals surface area contributed by atoms with Gasteiger partial charge in [0.15, 0.2) is 0 Å². The molecule has 0 amide bonds. The zero-order chi connectivity index (χ0) is 16.1. The SMILES string of the molecule is O=S(=O)(c1cccs1)N1CC[NH+](CC=Cc2ccccc2)CC1.[Cl-]. The molecule has 0 saturated carbocycles. The van der Waals surface area contributed by atoms with Crippen molar-refractivity contribution in [2.45, 2.75) is 4.21 Å². The van der Waals surface area contributed by atoms with Crippen molar-refractivity contribution in [2.24, 2.45) is 0 Å². The third kappa shape index (κ3) is 4.68. The summed E-state index contributed by atoms with van der Waals surface area (Å²) in [6.07, 6.45) is 4.30. The molecule has 1 aromatic carbocycles. The molecule has 1 aromatic heterocycles. The standard InChI is InChI=1S/C17H20N2O2S2.ClH/c20-23(21,17-9-5-15-22-17)19-13-11-18(12-14-19)10-4-8-16-6-2-1-3-7-16;/h1-9,15H,10-14H2;1H. The van der Waals surface area contributed by atoms with Crippen molar-refractivity contribution in [3.63, 3.8) is 0 Å². The second-order valence-corrected chi connectivity index (χ2v) is 8.72. The molecule has 0 atom stereocenters. The Morgan fingerprint density at radius 3 is 2.42 bits per heavy atom. The maximum absolute atomic E-state index is 12.5. The smallest absolute Gasteiger partial charge is 0.252 e. The molecule has 3 rings (SSSR count). The number of nitrogens with zero attached hydrogens (tertiary/aromatic N) is 1. The topological polar surface area (TPSA) is 41.8 Å². The highest BCUT2D eigenvalue weighted by molar-refractivity contribution is 7.91. The van der Waals surface area contributed by atoms with Gasteiger partial charge >= 0.3 is 0 Å². The van der Waals surface area contributed by atoms with Crippen molar-refractivity contribution < 1.29 is 25.7 Å². The number of benzene rings is 1. The van der Waals surface area contributed by atoms with Gasteiger partial charge in [0.1, 0.15) is 4.21 Å². The average Bonchev–Trinajstić information content (AvgIpc) is 3.12. The number of rotatable bonds is 5. The predicted octanol–water partition coefficient (Wildman–Crippen LogP) is -1.65. The third-order valence-electron chi connectivity index (χ3n) is 4.04. The highest BCUT2D eigenvalue weighted by Gasteiger charge is 2.30. The Bertz CT molecular complexity index is 738. The van der Waals surface area contributed by atoms with Gasteiger partial charge in [0.25, 0.3) is 10.0 Å². The number of thiophene rings is 1. The monoisotopic (exact) mass is 384 g/mol. The first-order valence-electron chi connectivity index (χ1n) is 7.75. The van der Waals surface area contributed by atoms with Crippen LogP contribution in [-0.2, 0) is 10.0 Å². The molecule has 1 N–H and O–H groups in total. The molecule has 130 valence electrons. The Kier molecular flexibility index (Phi) is 7.01. The largest absolute Gasteiger partial charge is 1.00 e. The maximum atomic E-state index is 12.5. The lowest BCUT2D eigenvalue weighted by atomic mass is 10.2. The molecule has 1 aliphatic rings. The van der Waals surface area contributed by atoms with Crippen molar-refractivity contribution in [1.29, 1.82) is 0 Å². The first-order chi connectivity index (χ1) is 11.2. The summed E-state index contributed by atoms with van der Waals surface area (Å²) in [5.41, 5.74) is 1.20. The van der Waals surface area contributed by atoms with Crippen LogP contribution in [0.1, 0.15) is 5.56 Å². The molecule has 0 aliphatic carbocycles. The fourth-order valence-corrected chi connectivity index (χ4v) is 5.30. The minimum Gasteiger partial charge on any atom is -1.00 e. The van der Waals surface area contributed by atoms with Crippen molar-refractivity contribution in [1.82, 2.24) is 4.31 Å². The van der Waals surface area contributed by atoms with Gasteiger partial charge in [-0.2, -0.15) is 4.31 Å². The van der Waals surface area contributed by atoms with Crippen molar-refractivity contribution in [2.75, 3.05) is 32.7 Å². The van der Waals surface area contributed by atoms with Crippen LogP contribution in [-0.4, -0.2) is 45.4 Å². The maximum Gasteiger partial charge on any atom is 0.252 e. The summed E-state index contributed by atoms with van der Waals surface area (Å²) in [6, 6.07) is 13.7. The van der Waals surface area contributed by atoms with E-state index in [1.165, 1.54) is 21.8 Å². The summed E-state index contributed by atoms with van der Waals surface area (Å²) < 4.78 is 27.0. The van der Waals surface area contributed by atoms with E-state index in [4.69, 9.17) is 0 Å². The molecule has 0 radical (unpaired) electrons. The molecular weight excluding hydrogens is 364 g/mol. The van der Waals surface area contributed by atoms with E-state index in [0.29, 0.717) is 17.3 Å². The summed E-state index contributed by atoms with van der Waals surface area (Å²) >= 11 is 1.29. The fraction of sp³-hybridized carbons (Fsp3) is 0.294. The molecule has 24 heavy (non-hydrogen) atoms. The number of quaternary nitrogens is 1. The number of hydrogen-bond donors (Lipinski definition) is 1. The minimum absolute atomic E-state index is 0. The molecule has 7 heteroatoms. The number of hydrogen-bond acceptors (Lipinski definition) is 3. The lowest BCUT2D eigenvalue weighted by molar-refractivity contribution is -0.897. The summed E-state index contributed by atoms with van der Waals surface area (Å²) in [5.74, 6) is 0. The van der Waals surface area contributed by atoms with Crippen LogP contribution in [0.15, 0.2) is 58.1 Å². The van der Waals surface area contributed by atoms with Gasteiger partial charge in [-0.05, 0) is 23.1 Å². The highest BCUT2D eigenvalue weighted by Crippen LogP contribution is 2.20. The zero-order valence-electron chi connectivity index (χ0n) is 13.3. The molecule has 1 saturated heterocycles. The lowest BCUT2D eigenvalue weighted by Crippen LogP contribution is -3.14. The first kappa shape index (κ1) is 19.1. The molecule has 0 spiro atoms. The quantitative estimate of drug-likeness (QED) is 0.671. The third-order valence-corrected chi connectivity index (χ3v) is 7.31. The fourth-order valence-electron chi connectivity index (χ4n) is 2.71. The van der Waals surface area contributed by atoms with Gasteiger partial charge in [-0.15, -0.1) is 11.3 Å². The van der Waals surface area contributed by atoms with Gasteiger partial charge in [-0.1, -0.05) is 42.5 Å². The van der Waals surface area contributed by atoms with Gasteiger partial charge in [-0.25, -0.2) is 8.42 Å². The second kappa shape index (κ2) is 8.78. The van der Waals surface area contributed by atoms with E-state index < -0.39 is 10.0 Å². The normalized spacial score (nSPS) is 17.0. The van der Waals surface area contributed by atoms with Gasteiger partial charge < -0.3 is 17.3 Å². The van der Waals surface area contributed by atoms with Gasteiger partial charge in [0.05, 0.1) is 32.7 Å². The van der Waals surface area contributed by atoms with Crippen LogP contribution in [0.5, 0.6) is 0 Å². The Labute approximate surface area is 153 Å². The van der Waals surface area contributed by atoms with E-state index in [1.807, 2.05) is 23.6 Å². The molecule has 2 heterocycles. The molecule has 0 bridgehead atoms. The van der Waals surface area contributed by atoms with Crippen LogP contribution in [0.3, 0.4) is 0 Å². The average molecular weight is 385 g/mol. The van der Waals surface area contributed by atoms with Crippen molar-refractivity contribution >= 4 is 27.4 Å². The van der Waals surface area contributed by atoms with Crippen LogP contribution in [0, 0.1) is 0 Å². The van der Waals surface area contributed by atoms with E-state index >= 15 is 0 Å². The summed E-state index contributed by atoms with van der Waals surface area (Å²) in [6.45, 7) is 3.82. The van der Waals surface area contributed by atoms with Crippen LogP contribution in [0.4, 0.5) is 0 Å². The Balaban J connectivity index is 0.00000208.